The molecule has 1 fully saturated rings. The van der Waals surface area contributed by atoms with Gasteiger partial charge in [0, 0.05) is 6.04 Å². The summed E-state index contributed by atoms with van der Waals surface area (Å²) in [6.07, 6.45) is 1.99. The monoisotopic (exact) mass is 338 g/mol. The molecule has 0 atom stereocenters. The van der Waals surface area contributed by atoms with Crippen LogP contribution in [0.15, 0.2) is 0 Å². The van der Waals surface area contributed by atoms with Gasteiger partial charge in [0.25, 0.3) is 0 Å². The molecule has 1 aliphatic rings. The molecule has 134 valence electrons. The fraction of sp³-hybridized carbons (Fsp3) is 0.733. The van der Waals surface area contributed by atoms with Crippen molar-refractivity contribution >= 4 is 17.9 Å². The SMILES string of the molecule is COc1nc(NCC(=O)OC(C)(C)C)nc(NC2CCNCC2)n1. The van der Waals surface area contributed by atoms with Gasteiger partial charge in [-0.25, -0.2) is 0 Å². The van der Waals surface area contributed by atoms with Crippen LogP contribution in [-0.4, -0.2) is 59.3 Å². The first-order chi connectivity index (χ1) is 11.4. The van der Waals surface area contributed by atoms with Crippen LogP contribution in [0.1, 0.15) is 33.6 Å². The molecule has 0 bridgehead atoms. The van der Waals surface area contributed by atoms with Gasteiger partial charge in [0.2, 0.25) is 11.9 Å². The van der Waals surface area contributed by atoms with Crippen molar-refractivity contribution in [2.75, 3.05) is 37.4 Å². The second-order valence-electron chi connectivity index (χ2n) is 6.58. The second kappa shape index (κ2) is 8.09. The van der Waals surface area contributed by atoms with E-state index in [2.05, 4.69) is 30.9 Å². The Balaban J connectivity index is 1.98. The van der Waals surface area contributed by atoms with Gasteiger partial charge in [-0.05, 0) is 46.7 Å². The molecule has 0 saturated carbocycles. The van der Waals surface area contributed by atoms with E-state index in [9.17, 15) is 4.79 Å². The van der Waals surface area contributed by atoms with Crippen molar-refractivity contribution in [3.05, 3.63) is 0 Å². The topological polar surface area (TPSA) is 110 Å². The molecular formula is C15H26N6O3. The summed E-state index contributed by atoms with van der Waals surface area (Å²) in [5.74, 6) is 0.319. The van der Waals surface area contributed by atoms with E-state index in [0.717, 1.165) is 25.9 Å². The van der Waals surface area contributed by atoms with Gasteiger partial charge >= 0.3 is 12.0 Å². The number of piperidine rings is 1. The molecular weight excluding hydrogens is 312 g/mol. The number of methoxy groups -OCH3 is 1. The highest BCUT2D eigenvalue weighted by molar-refractivity contribution is 5.74. The highest BCUT2D eigenvalue weighted by Gasteiger charge is 2.18. The molecule has 2 heterocycles. The highest BCUT2D eigenvalue weighted by Crippen LogP contribution is 2.14. The summed E-state index contributed by atoms with van der Waals surface area (Å²) in [6, 6.07) is 0.491. The molecule has 1 aromatic heterocycles. The maximum Gasteiger partial charge on any atom is 0.325 e. The van der Waals surface area contributed by atoms with Crippen LogP contribution >= 0.6 is 0 Å². The quantitative estimate of drug-likeness (QED) is 0.648. The van der Waals surface area contributed by atoms with Crippen LogP contribution < -0.4 is 20.7 Å². The summed E-state index contributed by atoms with van der Waals surface area (Å²) in [5, 5.41) is 9.44. The molecule has 9 heteroatoms. The molecule has 1 aliphatic heterocycles. The summed E-state index contributed by atoms with van der Waals surface area (Å²) in [4.78, 5) is 24.4. The predicted molar refractivity (Wildman–Crippen MR) is 90.2 cm³/mol. The molecule has 24 heavy (non-hydrogen) atoms. The normalized spacial score (nSPS) is 15.7. The minimum Gasteiger partial charge on any atom is -0.467 e. The average Bonchev–Trinajstić information content (AvgIpc) is 2.52. The minimum absolute atomic E-state index is 0.0305. The van der Waals surface area contributed by atoms with Crippen molar-refractivity contribution in [3.63, 3.8) is 0 Å². The Morgan fingerprint density at radius 1 is 1.21 bits per heavy atom. The Labute approximate surface area is 142 Å². The van der Waals surface area contributed by atoms with Gasteiger partial charge in [-0.3, -0.25) is 4.79 Å². The zero-order chi connectivity index (χ0) is 17.6. The van der Waals surface area contributed by atoms with E-state index in [-0.39, 0.29) is 24.5 Å². The minimum atomic E-state index is -0.530. The average molecular weight is 338 g/mol. The van der Waals surface area contributed by atoms with E-state index in [1.807, 2.05) is 20.8 Å². The van der Waals surface area contributed by atoms with Crippen molar-refractivity contribution in [1.82, 2.24) is 20.3 Å². The summed E-state index contributed by atoms with van der Waals surface area (Å²) in [5.41, 5.74) is -0.530. The zero-order valence-corrected chi connectivity index (χ0v) is 14.7. The van der Waals surface area contributed by atoms with Crippen molar-refractivity contribution in [1.29, 1.82) is 0 Å². The molecule has 0 aliphatic carbocycles. The summed E-state index contributed by atoms with van der Waals surface area (Å²) in [6.45, 7) is 7.35. The van der Waals surface area contributed by atoms with E-state index in [1.54, 1.807) is 0 Å². The smallest absolute Gasteiger partial charge is 0.325 e. The molecule has 3 N–H and O–H groups in total. The van der Waals surface area contributed by atoms with Crippen molar-refractivity contribution in [2.45, 2.75) is 45.3 Å². The number of esters is 1. The number of carbonyl (C=O) groups is 1. The molecule has 2 rings (SSSR count). The number of hydrogen-bond acceptors (Lipinski definition) is 9. The Hall–Kier alpha value is -2.16. The molecule has 0 unspecified atom stereocenters. The Morgan fingerprint density at radius 2 is 1.88 bits per heavy atom. The van der Waals surface area contributed by atoms with Crippen LogP contribution in [-0.2, 0) is 9.53 Å². The number of nitrogens with one attached hydrogen (secondary N) is 3. The van der Waals surface area contributed by atoms with E-state index in [0.29, 0.717) is 12.0 Å². The van der Waals surface area contributed by atoms with Gasteiger partial charge < -0.3 is 25.4 Å². The van der Waals surface area contributed by atoms with Crippen molar-refractivity contribution in [2.24, 2.45) is 0 Å². The largest absolute Gasteiger partial charge is 0.467 e. The molecule has 0 amide bonds. The number of carbonyl (C=O) groups excluding carboxylic acids is 1. The lowest BCUT2D eigenvalue weighted by Gasteiger charge is -2.23. The van der Waals surface area contributed by atoms with Crippen LogP contribution in [0.2, 0.25) is 0 Å². The van der Waals surface area contributed by atoms with E-state index in [1.165, 1.54) is 7.11 Å². The first kappa shape index (κ1) is 18.2. The standard InChI is InChI=1S/C15H26N6O3/c1-15(2,3)24-11(22)9-17-12-19-13(21-14(20-12)23-4)18-10-5-7-16-8-6-10/h10,16H,5-9H2,1-4H3,(H2,17,18,19,20,21). The first-order valence-corrected chi connectivity index (χ1v) is 8.09. The van der Waals surface area contributed by atoms with Crippen LogP contribution in [0, 0.1) is 0 Å². The number of aromatic nitrogens is 3. The molecule has 0 spiro atoms. The van der Waals surface area contributed by atoms with Crippen molar-refractivity contribution < 1.29 is 14.3 Å². The van der Waals surface area contributed by atoms with Crippen LogP contribution in [0.25, 0.3) is 0 Å². The van der Waals surface area contributed by atoms with Crippen molar-refractivity contribution in [3.8, 4) is 6.01 Å². The van der Waals surface area contributed by atoms with Gasteiger partial charge in [0.05, 0.1) is 7.11 Å². The third kappa shape index (κ3) is 6.15. The number of ether oxygens (including phenoxy) is 2. The number of anilines is 2. The lowest BCUT2D eigenvalue weighted by Crippen LogP contribution is -2.35. The maximum absolute atomic E-state index is 11.8. The summed E-state index contributed by atoms with van der Waals surface area (Å²) in [7, 11) is 1.49. The number of rotatable bonds is 6. The Bertz CT molecular complexity index is 555. The fourth-order valence-electron chi connectivity index (χ4n) is 2.27. The van der Waals surface area contributed by atoms with E-state index < -0.39 is 5.60 Å². The second-order valence-corrected chi connectivity index (χ2v) is 6.58. The summed E-state index contributed by atoms with van der Waals surface area (Å²) >= 11 is 0. The van der Waals surface area contributed by atoms with E-state index in [4.69, 9.17) is 9.47 Å². The third-order valence-corrected chi connectivity index (χ3v) is 3.28. The fourth-order valence-corrected chi connectivity index (χ4v) is 2.27. The summed E-state index contributed by atoms with van der Waals surface area (Å²) < 4.78 is 10.3. The number of hydrogen-bond donors (Lipinski definition) is 3. The first-order valence-electron chi connectivity index (χ1n) is 8.09. The van der Waals surface area contributed by atoms with Gasteiger partial charge in [-0.1, -0.05) is 0 Å². The number of nitrogens with zero attached hydrogens (tertiary/aromatic N) is 3. The Kier molecular flexibility index (Phi) is 6.13. The third-order valence-electron chi connectivity index (χ3n) is 3.28. The van der Waals surface area contributed by atoms with Crippen LogP contribution in [0.3, 0.4) is 0 Å². The van der Waals surface area contributed by atoms with Gasteiger partial charge in [0.1, 0.15) is 12.1 Å². The molecule has 0 aromatic carbocycles. The molecule has 1 aromatic rings. The molecule has 9 nitrogen and oxygen atoms in total. The lowest BCUT2D eigenvalue weighted by molar-refractivity contribution is -0.152. The highest BCUT2D eigenvalue weighted by atomic mass is 16.6. The molecule has 1 saturated heterocycles. The van der Waals surface area contributed by atoms with Gasteiger partial charge in [-0.2, -0.15) is 15.0 Å². The van der Waals surface area contributed by atoms with Gasteiger partial charge in [0.15, 0.2) is 0 Å². The van der Waals surface area contributed by atoms with Gasteiger partial charge in [-0.15, -0.1) is 0 Å². The van der Waals surface area contributed by atoms with Crippen LogP contribution in [0.4, 0.5) is 11.9 Å². The van der Waals surface area contributed by atoms with E-state index >= 15 is 0 Å². The maximum atomic E-state index is 11.8. The Morgan fingerprint density at radius 3 is 2.50 bits per heavy atom. The zero-order valence-electron chi connectivity index (χ0n) is 14.7. The molecule has 0 radical (unpaired) electrons. The van der Waals surface area contributed by atoms with Crippen LogP contribution in [0.5, 0.6) is 6.01 Å². The lowest BCUT2D eigenvalue weighted by atomic mass is 10.1. The predicted octanol–water partition coefficient (Wildman–Crippen LogP) is 0.798.